The fraction of sp³-hybridized carbons (Fsp3) is 0.192. The number of rotatable bonds is 8. The minimum absolute atomic E-state index is 0.0353. The van der Waals surface area contributed by atoms with E-state index in [2.05, 4.69) is 4.74 Å². The van der Waals surface area contributed by atoms with Gasteiger partial charge in [0.15, 0.2) is 23.0 Å². The number of halogens is 2. The van der Waals surface area contributed by atoms with Gasteiger partial charge in [0.2, 0.25) is 0 Å². The van der Waals surface area contributed by atoms with E-state index in [1.165, 1.54) is 25.3 Å². The third-order valence-corrected chi connectivity index (χ3v) is 5.11. The Morgan fingerprint density at radius 2 is 1.76 bits per heavy atom. The number of carbonyl (C=O) groups is 1. The summed E-state index contributed by atoms with van der Waals surface area (Å²) in [6, 6.07) is 19.1. The van der Waals surface area contributed by atoms with E-state index in [-0.39, 0.29) is 29.5 Å². The summed E-state index contributed by atoms with van der Waals surface area (Å²) in [4.78, 5) is 15.1. The predicted molar refractivity (Wildman–Crippen MR) is 124 cm³/mol. The maximum atomic E-state index is 13.5. The summed E-state index contributed by atoms with van der Waals surface area (Å²) >= 11 is 0. The molecular weight excluding hydrogens is 444 g/mol. The summed E-state index contributed by atoms with van der Waals surface area (Å²) in [6.45, 7) is -1.87. The number of fused-ring (bicyclic) bond motifs is 1. The first-order valence-electron chi connectivity index (χ1n) is 10.6. The number of carbonyl (C=O) groups excluding carboxylic acids is 1. The molecule has 3 aromatic carbocycles. The van der Waals surface area contributed by atoms with Gasteiger partial charge in [-0.15, -0.1) is 0 Å². The predicted octanol–water partition coefficient (Wildman–Crippen LogP) is 5.43. The van der Waals surface area contributed by atoms with Gasteiger partial charge in [-0.3, -0.25) is 4.79 Å². The van der Waals surface area contributed by atoms with Crippen LogP contribution in [0.3, 0.4) is 0 Å². The SMILES string of the molecule is COc1cc(C(=O)N(C/C=C/c2ccccc2)c2ccc3c(c2)OCCO3)ccc1OC(F)F. The molecule has 6 nitrogen and oxygen atoms in total. The van der Waals surface area contributed by atoms with E-state index in [9.17, 15) is 13.6 Å². The second-order valence-corrected chi connectivity index (χ2v) is 7.30. The average molecular weight is 467 g/mol. The van der Waals surface area contributed by atoms with Crippen molar-refractivity contribution in [2.45, 2.75) is 6.61 Å². The summed E-state index contributed by atoms with van der Waals surface area (Å²) in [5, 5.41) is 0. The van der Waals surface area contributed by atoms with Crippen molar-refractivity contribution >= 4 is 17.7 Å². The molecule has 0 aliphatic carbocycles. The van der Waals surface area contributed by atoms with E-state index in [0.29, 0.717) is 30.4 Å². The molecule has 1 aliphatic rings. The smallest absolute Gasteiger partial charge is 0.387 e. The maximum absolute atomic E-state index is 13.5. The van der Waals surface area contributed by atoms with E-state index < -0.39 is 6.61 Å². The maximum Gasteiger partial charge on any atom is 0.387 e. The first-order valence-corrected chi connectivity index (χ1v) is 10.6. The van der Waals surface area contributed by atoms with Crippen LogP contribution in [0.5, 0.6) is 23.0 Å². The summed E-state index contributed by atoms with van der Waals surface area (Å²) in [5.74, 6) is 0.692. The van der Waals surface area contributed by atoms with Crippen LogP contribution in [-0.4, -0.2) is 39.4 Å². The number of alkyl halides is 2. The van der Waals surface area contributed by atoms with Crippen LogP contribution in [0.15, 0.2) is 72.8 Å². The van der Waals surface area contributed by atoms with E-state index in [0.717, 1.165) is 5.56 Å². The molecule has 3 aromatic rings. The summed E-state index contributed by atoms with van der Waals surface area (Å²) in [5.41, 5.74) is 1.84. The van der Waals surface area contributed by atoms with Crippen LogP contribution in [0.25, 0.3) is 6.08 Å². The normalized spacial score (nSPS) is 12.6. The molecule has 0 radical (unpaired) electrons. The molecule has 0 fully saturated rings. The number of methoxy groups -OCH3 is 1. The average Bonchev–Trinajstić information content (AvgIpc) is 2.86. The molecule has 34 heavy (non-hydrogen) atoms. The molecule has 0 atom stereocenters. The van der Waals surface area contributed by atoms with Gasteiger partial charge < -0.3 is 23.8 Å². The third-order valence-electron chi connectivity index (χ3n) is 5.11. The Balaban J connectivity index is 1.65. The number of hydrogen-bond donors (Lipinski definition) is 0. The fourth-order valence-electron chi connectivity index (χ4n) is 3.51. The highest BCUT2D eigenvalue weighted by Crippen LogP contribution is 2.35. The molecule has 0 spiro atoms. The second-order valence-electron chi connectivity index (χ2n) is 7.30. The van der Waals surface area contributed by atoms with Gasteiger partial charge in [0.1, 0.15) is 13.2 Å². The van der Waals surface area contributed by atoms with Crippen LogP contribution in [0.4, 0.5) is 14.5 Å². The van der Waals surface area contributed by atoms with E-state index in [4.69, 9.17) is 14.2 Å². The Morgan fingerprint density at radius 3 is 2.50 bits per heavy atom. The van der Waals surface area contributed by atoms with Gasteiger partial charge >= 0.3 is 6.61 Å². The van der Waals surface area contributed by atoms with Crippen LogP contribution in [0, 0.1) is 0 Å². The van der Waals surface area contributed by atoms with Crippen molar-refractivity contribution in [2.24, 2.45) is 0 Å². The van der Waals surface area contributed by atoms with Crippen molar-refractivity contribution in [1.29, 1.82) is 0 Å². The van der Waals surface area contributed by atoms with Crippen LogP contribution in [0.2, 0.25) is 0 Å². The molecule has 0 unspecified atom stereocenters. The lowest BCUT2D eigenvalue weighted by Gasteiger charge is -2.25. The number of nitrogens with zero attached hydrogens (tertiary/aromatic N) is 1. The summed E-state index contributed by atoms with van der Waals surface area (Å²) < 4.78 is 46.2. The molecule has 1 amide bonds. The zero-order chi connectivity index (χ0) is 23.9. The number of hydrogen-bond acceptors (Lipinski definition) is 5. The highest BCUT2D eigenvalue weighted by molar-refractivity contribution is 6.06. The van der Waals surface area contributed by atoms with Crippen molar-refractivity contribution in [3.63, 3.8) is 0 Å². The van der Waals surface area contributed by atoms with Gasteiger partial charge in [0, 0.05) is 23.9 Å². The molecule has 1 heterocycles. The van der Waals surface area contributed by atoms with Gasteiger partial charge in [-0.2, -0.15) is 8.78 Å². The van der Waals surface area contributed by atoms with E-state index >= 15 is 0 Å². The Kier molecular flexibility index (Phi) is 7.27. The van der Waals surface area contributed by atoms with Crippen molar-refractivity contribution in [3.8, 4) is 23.0 Å². The molecule has 0 N–H and O–H groups in total. The first-order chi connectivity index (χ1) is 16.5. The molecule has 8 heteroatoms. The summed E-state index contributed by atoms with van der Waals surface area (Å²) in [6.07, 6.45) is 3.79. The minimum Gasteiger partial charge on any atom is -0.493 e. The molecule has 0 aromatic heterocycles. The third kappa shape index (κ3) is 5.46. The largest absolute Gasteiger partial charge is 0.493 e. The first kappa shape index (κ1) is 23.1. The monoisotopic (exact) mass is 467 g/mol. The van der Waals surface area contributed by atoms with Crippen LogP contribution in [0.1, 0.15) is 15.9 Å². The van der Waals surface area contributed by atoms with Gasteiger partial charge in [0.05, 0.1) is 7.11 Å². The fourth-order valence-corrected chi connectivity index (χ4v) is 3.51. The van der Waals surface area contributed by atoms with Crippen molar-refractivity contribution in [1.82, 2.24) is 0 Å². The Morgan fingerprint density at radius 1 is 1.00 bits per heavy atom. The zero-order valence-electron chi connectivity index (χ0n) is 18.4. The molecule has 0 bridgehead atoms. The van der Waals surface area contributed by atoms with Gasteiger partial charge in [-0.05, 0) is 35.9 Å². The molecule has 0 saturated heterocycles. The van der Waals surface area contributed by atoms with Crippen molar-refractivity contribution < 1.29 is 32.5 Å². The Hall–Kier alpha value is -4.07. The number of ether oxygens (including phenoxy) is 4. The van der Waals surface area contributed by atoms with E-state index in [1.54, 1.807) is 23.1 Å². The number of benzene rings is 3. The molecule has 0 saturated carbocycles. The number of anilines is 1. The van der Waals surface area contributed by atoms with Crippen LogP contribution in [-0.2, 0) is 0 Å². The van der Waals surface area contributed by atoms with E-state index in [1.807, 2.05) is 42.5 Å². The minimum atomic E-state index is -3.01. The highest BCUT2D eigenvalue weighted by Gasteiger charge is 2.22. The summed E-state index contributed by atoms with van der Waals surface area (Å²) in [7, 11) is 1.32. The highest BCUT2D eigenvalue weighted by atomic mass is 19.3. The Labute approximate surface area is 195 Å². The lowest BCUT2D eigenvalue weighted by atomic mass is 10.1. The van der Waals surface area contributed by atoms with Crippen LogP contribution >= 0.6 is 0 Å². The Bertz CT molecular complexity index is 1170. The van der Waals surface area contributed by atoms with Crippen LogP contribution < -0.4 is 23.8 Å². The topological polar surface area (TPSA) is 57.2 Å². The zero-order valence-corrected chi connectivity index (χ0v) is 18.4. The quantitative estimate of drug-likeness (QED) is 0.442. The van der Waals surface area contributed by atoms with Crippen molar-refractivity contribution in [3.05, 3.63) is 83.9 Å². The lowest BCUT2D eigenvalue weighted by Crippen LogP contribution is -2.31. The van der Waals surface area contributed by atoms with Gasteiger partial charge in [0.25, 0.3) is 5.91 Å². The molecular formula is C26H23F2NO5. The molecule has 4 rings (SSSR count). The standard InChI is InChI=1S/C26H23F2NO5/c1-31-23-16-19(9-11-22(23)34-26(27)28)25(30)29(13-5-8-18-6-3-2-4-7-18)20-10-12-21-24(17-20)33-15-14-32-21/h2-12,16-17,26H,13-15H2,1H3/b8-5+. The number of amides is 1. The molecule has 1 aliphatic heterocycles. The van der Waals surface area contributed by atoms with Crippen molar-refractivity contribution in [2.75, 3.05) is 31.8 Å². The lowest BCUT2D eigenvalue weighted by molar-refractivity contribution is -0.0512. The van der Waals surface area contributed by atoms with Gasteiger partial charge in [-0.1, -0.05) is 42.5 Å². The second kappa shape index (κ2) is 10.7. The molecule has 176 valence electrons. The van der Waals surface area contributed by atoms with Gasteiger partial charge in [-0.25, -0.2) is 0 Å².